The van der Waals surface area contributed by atoms with Crippen molar-refractivity contribution in [1.82, 2.24) is 4.98 Å². The summed E-state index contributed by atoms with van der Waals surface area (Å²) in [4.78, 5) is 4.32. The Morgan fingerprint density at radius 3 is 2.59 bits per heavy atom. The third-order valence-electron chi connectivity index (χ3n) is 6.50. The van der Waals surface area contributed by atoms with E-state index < -0.39 is 6.23 Å². The van der Waals surface area contributed by atoms with Crippen LogP contribution in [0.4, 0.5) is 5.69 Å². The molecule has 2 aromatic carbocycles. The predicted molar refractivity (Wildman–Crippen MR) is 122 cm³/mol. The number of nitrogens with one attached hydrogen (secondary N) is 1. The van der Waals surface area contributed by atoms with E-state index in [1.165, 1.54) is 0 Å². The summed E-state index contributed by atoms with van der Waals surface area (Å²) in [7, 11) is 0. The lowest BCUT2D eigenvalue weighted by Crippen LogP contribution is -2.60. The fourth-order valence-electron chi connectivity index (χ4n) is 4.63. The minimum Gasteiger partial charge on any atom is -0.631 e. The van der Waals surface area contributed by atoms with Gasteiger partial charge in [-0.25, -0.2) is 0 Å². The molecule has 2 aliphatic rings. The Kier molecular flexibility index (Phi) is 5.77. The lowest BCUT2D eigenvalue weighted by Gasteiger charge is -2.52. The van der Waals surface area contributed by atoms with Crippen molar-refractivity contribution in [2.45, 2.75) is 25.1 Å². The second-order valence-electron chi connectivity index (χ2n) is 8.53. The number of benzene rings is 2. The van der Waals surface area contributed by atoms with Gasteiger partial charge in [-0.3, -0.25) is 4.98 Å². The number of nitriles is 1. The molecule has 3 heterocycles. The minimum absolute atomic E-state index is 0.208. The number of hydrogen-bond donors (Lipinski definition) is 1. The third-order valence-corrected chi connectivity index (χ3v) is 6.50. The summed E-state index contributed by atoms with van der Waals surface area (Å²) in [5.41, 5.74) is 3.79. The molecule has 0 amide bonds. The fourth-order valence-corrected chi connectivity index (χ4v) is 4.63. The molecule has 0 spiro atoms. The number of rotatable bonds is 4. The van der Waals surface area contributed by atoms with E-state index in [0.29, 0.717) is 38.5 Å². The fraction of sp³-hybridized carbons (Fsp3) is 0.360. The number of piperidine rings is 1. The Hall–Kier alpha value is -3.02. The van der Waals surface area contributed by atoms with Gasteiger partial charge in [0.15, 0.2) is 0 Å². The number of aromatic nitrogens is 1. The van der Waals surface area contributed by atoms with Gasteiger partial charge >= 0.3 is 0 Å². The molecule has 7 nitrogen and oxygen atoms in total. The van der Waals surface area contributed by atoms with E-state index in [4.69, 9.17) is 14.7 Å². The van der Waals surface area contributed by atoms with Crippen LogP contribution in [0.3, 0.4) is 0 Å². The molecule has 0 radical (unpaired) electrons. The molecule has 3 aromatic rings. The van der Waals surface area contributed by atoms with Crippen molar-refractivity contribution < 1.29 is 14.1 Å². The first-order valence-corrected chi connectivity index (χ1v) is 11.1. The highest BCUT2D eigenvalue weighted by atomic mass is 16.7. The monoisotopic (exact) mass is 430 g/mol. The van der Waals surface area contributed by atoms with Crippen LogP contribution in [-0.4, -0.2) is 54.8 Å². The van der Waals surface area contributed by atoms with Crippen molar-refractivity contribution in [1.29, 1.82) is 5.26 Å². The van der Waals surface area contributed by atoms with E-state index >= 15 is 0 Å². The molecule has 0 aliphatic carbocycles. The van der Waals surface area contributed by atoms with E-state index in [-0.39, 0.29) is 10.7 Å². The standard InChI is InChI=1S/C25H26N4O3/c26-15-18-1-3-19(4-2-18)21-13-20-5-8-27-16-23(20)24(14-21)28-22-6-9-29(30,10-7-22)25-17-31-11-12-32-25/h1-5,8,13-14,16,22,25,28H,6-7,9-12,17H2. The number of fused-ring (bicyclic) bond motifs is 1. The van der Waals surface area contributed by atoms with Crippen LogP contribution in [0.2, 0.25) is 0 Å². The maximum absolute atomic E-state index is 13.3. The maximum Gasteiger partial charge on any atom is 0.216 e. The summed E-state index contributed by atoms with van der Waals surface area (Å²) >= 11 is 0. The van der Waals surface area contributed by atoms with Crippen LogP contribution in [0, 0.1) is 16.5 Å². The van der Waals surface area contributed by atoms with Crippen LogP contribution in [0.5, 0.6) is 0 Å². The lowest BCUT2D eigenvalue weighted by molar-refractivity contribution is -0.934. The molecule has 1 aromatic heterocycles. The second kappa shape index (κ2) is 8.85. The van der Waals surface area contributed by atoms with Crippen molar-refractivity contribution in [2.75, 3.05) is 38.2 Å². The van der Waals surface area contributed by atoms with Crippen LogP contribution in [-0.2, 0) is 9.47 Å². The van der Waals surface area contributed by atoms with Crippen molar-refractivity contribution in [3.63, 3.8) is 0 Å². The van der Waals surface area contributed by atoms with E-state index in [2.05, 4.69) is 28.5 Å². The summed E-state index contributed by atoms with van der Waals surface area (Å²) in [6.45, 7) is 2.46. The van der Waals surface area contributed by atoms with Gasteiger partial charge in [-0.1, -0.05) is 12.1 Å². The molecule has 32 heavy (non-hydrogen) atoms. The Labute approximate surface area is 187 Å². The highest BCUT2D eigenvalue weighted by molar-refractivity contribution is 5.97. The lowest BCUT2D eigenvalue weighted by atomic mass is 9.98. The molecule has 0 saturated carbocycles. The molecule has 1 unspecified atom stereocenters. The number of ether oxygens (including phenoxy) is 2. The minimum atomic E-state index is -0.408. The molecule has 5 rings (SSSR count). The highest BCUT2D eigenvalue weighted by Gasteiger charge is 2.36. The molecular formula is C25H26N4O3. The second-order valence-corrected chi connectivity index (χ2v) is 8.53. The third kappa shape index (κ3) is 4.18. The Morgan fingerprint density at radius 2 is 1.88 bits per heavy atom. The number of quaternary nitrogens is 1. The van der Waals surface area contributed by atoms with Crippen molar-refractivity contribution >= 4 is 16.5 Å². The normalized spacial score (nSPS) is 25.9. The van der Waals surface area contributed by atoms with Gasteiger partial charge in [0.2, 0.25) is 6.23 Å². The largest absolute Gasteiger partial charge is 0.631 e. The van der Waals surface area contributed by atoms with Gasteiger partial charge in [0.1, 0.15) is 6.61 Å². The van der Waals surface area contributed by atoms with Gasteiger partial charge in [0.25, 0.3) is 0 Å². The van der Waals surface area contributed by atoms with Crippen LogP contribution in [0.25, 0.3) is 21.9 Å². The van der Waals surface area contributed by atoms with Crippen LogP contribution in [0.15, 0.2) is 54.9 Å². The van der Waals surface area contributed by atoms with Crippen molar-refractivity contribution in [3.8, 4) is 17.2 Å². The molecule has 0 bridgehead atoms. The topological polar surface area (TPSA) is 90.2 Å². The smallest absolute Gasteiger partial charge is 0.216 e. The first-order chi connectivity index (χ1) is 15.6. The van der Waals surface area contributed by atoms with E-state index in [0.717, 1.165) is 40.4 Å². The van der Waals surface area contributed by atoms with E-state index in [1.54, 1.807) is 6.20 Å². The number of hydroxylamine groups is 3. The summed E-state index contributed by atoms with van der Waals surface area (Å²) in [6, 6.07) is 16.3. The van der Waals surface area contributed by atoms with E-state index in [1.807, 2.05) is 36.5 Å². The molecule has 7 heteroatoms. The number of nitrogens with zero attached hydrogens (tertiary/aromatic N) is 3. The van der Waals surface area contributed by atoms with E-state index in [9.17, 15) is 5.21 Å². The number of anilines is 1. The number of pyridine rings is 1. The van der Waals surface area contributed by atoms with Gasteiger partial charge < -0.3 is 24.6 Å². The Balaban J connectivity index is 1.37. The highest BCUT2D eigenvalue weighted by Crippen LogP contribution is 2.33. The number of hydrogen-bond acceptors (Lipinski definition) is 6. The first kappa shape index (κ1) is 20.9. The van der Waals surface area contributed by atoms with Crippen LogP contribution >= 0.6 is 0 Å². The van der Waals surface area contributed by atoms with Crippen LogP contribution < -0.4 is 5.32 Å². The van der Waals surface area contributed by atoms with Crippen LogP contribution in [0.1, 0.15) is 18.4 Å². The zero-order chi connectivity index (χ0) is 22.0. The zero-order valence-electron chi connectivity index (χ0n) is 17.9. The average molecular weight is 431 g/mol. The number of likely N-dealkylation sites (tertiary alicyclic amines) is 1. The summed E-state index contributed by atoms with van der Waals surface area (Å²) in [6.07, 6.45) is 4.81. The van der Waals surface area contributed by atoms with Gasteiger partial charge in [0.05, 0.1) is 37.9 Å². The molecule has 1 N–H and O–H groups in total. The van der Waals surface area contributed by atoms with Gasteiger partial charge in [-0.2, -0.15) is 5.26 Å². The average Bonchev–Trinajstić information content (AvgIpc) is 2.86. The van der Waals surface area contributed by atoms with Crippen molar-refractivity contribution in [3.05, 3.63) is 65.6 Å². The SMILES string of the molecule is N#Cc1ccc(-c2cc(NC3CC[N+]([O-])(C4COCCO4)CC3)c3cnccc3c2)cc1. The zero-order valence-corrected chi connectivity index (χ0v) is 17.9. The summed E-state index contributed by atoms with van der Waals surface area (Å²) in [5, 5.41) is 28.2. The molecule has 2 saturated heterocycles. The predicted octanol–water partition coefficient (Wildman–Crippen LogP) is 4.04. The van der Waals surface area contributed by atoms with Gasteiger partial charge in [-0.05, 0) is 46.8 Å². The Bertz CT molecular complexity index is 1130. The molecule has 2 fully saturated rings. The molecular weight excluding hydrogens is 404 g/mol. The summed E-state index contributed by atoms with van der Waals surface area (Å²) in [5.74, 6) is 0. The van der Waals surface area contributed by atoms with Gasteiger partial charge in [0, 0.05) is 42.4 Å². The quantitative estimate of drug-likeness (QED) is 0.496. The Morgan fingerprint density at radius 1 is 1.06 bits per heavy atom. The molecule has 1 atom stereocenters. The molecule has 2 aliphatic heterocycles. The van der Waals surface area contributed by atoms with Gasteiger partial charge in [-0.15, -0.1) is 0 Å². The molecule has 164 valence electrons. The first-order valence-electron chi connectivity index (χ1n) is 11.1. The van der Waals surface area contributed by atoms with Crippen molar-refractivity contribution in [2.24, 2.45) is 0 Å². The maximum atomic E-state index is 13.3. The summed E-state index contributed by atoms with van der Waals surface area (Å²) < 4.78 is 10.8.